The number of carboxylic acids is 1. The Kier molecular flexibility index (Phi) is 6.36. The summed E-state index contributed by atoms with van der Waals surface area (Å²) in [5, 5.41) is 9.60. The van der Waals surface area contributed by atoms with Gasteiger partial charge in [0.05, 0.1) is 20.1 Å². The highest BCUT2D eigenvalue weighted by Gasteiger charge is 2.41. The second-order valence-electron chi connectivity index (χ2n) is 5.68. The molecule has 0 aliphatic carbocycles. The lowest BCUT2D eigenvalue weighted by atomic mass is 9.88. The zero-order valence-corrected chi connectivity index (χ0v) is 15.0. The van der Waals surface area contributed by atoms with E-state index in [0.717, 1.165) is 11.3 Å². The monoisotopic (exact) mass is 353 g/mol. The molecule has 1 fully saturated rings. The van der Waals surface area contributed by atoms with Gasteiger partial charge in [0.15, 0.2) is 11.5 Å². The Morgan fingerprint density at radius 2 is 2.04 bits per heavy atom. The molecule has 1 aliphatic rings. The van der Waals surface area contributed by atoms with Crippen molar-refractivity contribution in [1.29, 1.82) is 0 Å². The first-order chi connectivity index (χ1) is 11.5. The van der Waals surface area contributed by atoms with Crippen molar-refractivity contribution in [2.24, 2.45) is 5.92 Å². The zero-order chi connectivity index (χ0) is 17.7. The number of ether oxygens (including phenoxy) is 2. The number of carbonyl (C=O) groups is 2. The highest BCUT2D eigenvalue weighted by Crippen LogP contribution is 2.42. The summed E-state index contributed by atoms with van der Waals surface area (Å²) in [5.41, 5.74) is 0.768. The number of nitrogens with zero attached hydrogens (tertiary/aromatic N) is 1. The molecule has 1 aromatic rings. The van der Waals surface area contributed by atoms with E-state index in [9.17, 15) is 14.7 Å². The summed E-state index contributed by atoms with van der Waals surface area (Å²) in [4.78, 5) is 25.6. The molecule has 2 rings (SSSR count). The Morgan fingerprint density at radius 1 is 1.29 bits per heavy atom. The van der Waals surface area contributed by atoms with E-state index >= 15 is 0 Å². The minimum absolute atomic E-state index is 0.0000343. The molecular formula is C17H23NO5S. The number of benzene rings is 1. The van der Waals surface area contributed by atoms with Gasteiger partial charge in [-0.15, -0.1) is 0 Å². The molecule has 1 amide bonds. The van der Waals surface area contributed by atoms with E-state index in [-0.39, 0.29) is 18.4 Å². The van der Waals surface area contributed by atoms with Crippen LogP contribution in [0.5, 0.6) is 11.5 Å². The topological polar surface area (TPSA) is 76.1 Å². The summed E-state index contributed by atoms with van der Waals surface area (Å²) >= 11 is 1.60. The molecule has 0 saturated carbocycles. The molecule has 2 atom stereocenters. The lowest BCUT2D eigenvalue weighted by molar-refractivity contribution is -0.141. The predicted molar refractivity (Wildman–Crippen MR) is 93.0 cm³/mol. The highest BCUT2D eigenvalue weighted by atomic mass is 32.2. The van der Waals surface area contributed by atoms with Gasteiger partial charge in [0, 0.05) is 36.7 Å². The minimum atomic E-state index is -0.898. The van der Waals surface area contributed by atoms with Gasteiger partial charge in [0.1, 0.15) is 0 Å². The maximum Gasteiger partial charge on any atom is 0.308 e. The van der Waals surface area contributed by atoms with Crippen LogP contribution in [-0.2, 0) is 9.59 Å². The van der Waals surface area contributed by atoms with E-state index in [1.165, 1.54) is 7.11 Å². The van der Waals surface area contributed by atoms with Crippen molar-refractivity contribution >= 4 is 23.6 Å². The summed E-state index contributed by atoms with van der Waals surface area (Å²) in [6.45, 7) is 0.612. The van der Waals surface area contributed by atoms with Gasteiger partial charge in [-0.2, -0.15) is 11.8 Å². The number of carbonyl (C=O) groups excluding carboxylic acids is 1. The van der Waals surface area contributed by atoms with Gasteiger partial charge in [-0.05, 0) is 12.3 Å². The average Bonchev–Trinajstić information content (AvgIpc) is 3.04. The smallest absolute Gasteiger partial charge is 0.308 e. The fourth-order valence-corrected chi connectivity index (χ4v) is 3.50. The third-order valence-corrected chi connectivity index (χ3v) is 4.96. The Balaban J connectivity index is 2.31. The maximum atomic E-state index is 12.3. The minimum Gasteiger partial charge on any atom is -0.493 e. The summed E-state index contributed by atoms with van der Waals surface area (Å²) in [6.07, 6.45) is 2.37. The van der Waals surface area contributed by atoms with E-state index < -0.39 is 11.9 Å². The number of thioether (sulfide) groups is 1. The Labute approximate surface area is 146 Å². The van der Waals surface area contributed by atoms with Crippen LogP contribution < -0.4 is 9.47 Å². The summed E-state index contributed by atoms with van der Waals surface area (Å²) < 4.78 is 10.7. The molecule has 1 heterocycles. The van der Waals surface area contributed by atoms with Crippen LogP contribution in [0.1, 0.15) is 17.9 Å². The van der Waals surface area contributed by atoms with Gasteiger partial charge in [-0.25, -0.2) is 0 Å². The molecule has 0 radical (unpaired) electrons. The molecule has 1 saturated heterocycles. The summed E-state index contributed by atoms with van der Waals surface area (Å²) in [5.74, 6) is -0.0267. The Morgan fingerprint density at radius 3 is 2.62 bits per heavy atom. The van der Waals surface area contributed by atoms with Gasteiger partial charge in [0.2, 0.25) is 5.91 Å². The number of hydrogen-bond donors (Lipinski definition) is 1. The highest BCUT2D eigenvalue weighted by molar-refractivity contribution is 7.98. The van der Waals surface area contributed by atoms with Crippen molar-refractivity contribution in [3.05, 3.63) is 23.8 Å². The molecule has 24 heavy (non-hydrogen) atoms. The van der Waals surface area contributed by atoms with Gasteiger partial charge in [-0.3, -0.25) is 9.59 Å². The molecular weight excluding hydrogens is 330 g/mol. The molecule has 1 N–H and O–H groups in total. The molecule has 1 aromatic carbocycles. The van der Waals surface area contributed by atoms with Gasteiger partial charge >= 0.3 is 5.97 Å². The number of para-hydroxylation sites is 1. The summed E-state index contributed by atoms with van der Waals surface area (Å²) in [7, 11) is 3.08. The Bertz CT molecular complexity index is 607. The van der Waals surface area contributed by atoms with Crippen molar-refractivity contribution in [2.45, 2.75) is 12.3 Å². The number of aliphatic carboxylic acids is 1. The van der Waals surface area contributed by atoms with Gasteiger partial charge in [0.25, 0.3) is 0 Å². The quantitative estimate of drug-likeness (QED) is 0.809. The first-order valence-corrected chi connectivity index (χ1v) is 9.13. The number of methoxy groups -OCH3 is 2. The number of rotatable bonds is 7. The van der Waals surface area contributed by atoms with E-state index in [2.05, 4.69) is 0 Å². The zero-order valence-electron chi connectivity index (χ0n) is 14.2. The normalized spacial score (nSPS) is 20.0. The van der Waals surface area contributed by atoms with Crippen LogP contribution in [0.15, 0.2) is 18.2 Å². The molecule has 6 nitrogen and oxygen atoms in total. The SMILES string of the molecule is COc1cccc([C@@H]2CN(C(=O)CCSC)C[C@H]2C(=O)O)c1OC. The van der Waals surface area contributed by atoms with Crippen molar-refractivity contribution in [3.63, 3.8) is 0 Å². The second-order valence-corrected chi connectivity index (χ2v) is 6.66. The van der Waals surface area contributed by atoms with E-state index in [4.69, 9.17) is 9.47 Å². The number of carboxylic acid groups (broad SMARTS) is 1. The molecule has 0 aromatic heterocycles. The third-order valence-electron chi connectivity index (χ3n) is 4.34. The van der Waals surface area contributed by atoms with Crippen LogP contribution in [0.3, 0.4) is 0 Å². The lowest BCUT2D eigenvalue weighted by Crippen LogP contribution is -2.30. The first-order valence-electron chi connectivity index (χ1n) is 7.73. The largest absolute Gasteiger partial charge is 0.493 e. The van der Waals surface area contributed by atoms with Crippen molar-refractivity contribution < 1.29 is 24.2 Å². The second kappa shape index (κ2) is 8.28. The molecule has 1 aliphatic heterocycles. The number of amides is 1. The van der Waals surface area contributed by atoms with Crippen LogP contribution in [-0.4, -0.2) is 61.2 Å². The molecule has 0 unspecified atom stereocenters. The number of likely N-dealkylation sites (tertiary alicyclic amines) is 1. The van der Waals surface area contributed by atoms with Gasteiger partial charge in [-0.1, -0.05) is 12.1 Å². The fraction of sp³-hybridized carbons (Fsp3) is 0.529. The standard InChI is InChI=1S/C17H23NO5S/c1-22-14-6-4-5-11(16(14)23-2)12-9-18(10-13(12)17(20)21)15(19)7-8-24-3/h4-6,12-13H,7-10H2,1-3H3,(H,20,21)/t12-,13+/m0/s1. The number of hydrogen-bond acceptors (Lipinski definition) is 5. The van der Waals surface area contributed by atoms with E-state index in [1.54, 1.807) is 29.8 Å². The van der Waals surface area contributed by atoms with Crippen LogP contribution in [0.25, 0.3) is 0 Å². The Hall–Kier alpha value is -1.89. The molecule has 0 spiro atoms. The molecule has 7 heteroatoms. The molecule has 132 valence electrons. The van der Waals surface area contributed by atoms with Crippen molar-refractivity contribution in [2.75, 3.05) is 39.3 Å². The van der Waals surface area contributed by atoms with E-state index in [1.807, 2.05) is 18.4 Å². The van der Waals surface area contributed by atoms with Crippen molar-refractivity contribution in [1.82, 2.24) is 4.90 Å². The first kappa shape index (κ1) is 18.4. The van der Waals surface area contributed by atoms with E-state index in [0.29, 0.717) is 24.5 Å². The van der Waals surface area contributed by atoms with Gasteiger partial charge < -0.3 is 19.5 Å². The fourth-order valence-electron chi connectivity index (χ4n) is 3.12. The predicted octanol–water partition coefficient (Wildman–Crippen LogP) is 2.08. The van der Waals surface area contributed by atoms with Crippen LogP contribution in [0, 0.1) is 5.92 Å². The average molecular weight is 353 g/mol. The van der Waals surface area contributed by atoms with Crippen LogP contribution in [0.4, 0.5) is 0 Å². The van der Waals surface area contributed by atoms with Crippen LogP contribution >= 0.6 is 11.8 Å². The maximum absolute atomic E-state index is 12.3. The van der Waals surface area contributed by atoms with Crippen molar-refractivity contribution in [3.8, 4) is 11.5 Å². The molecule has 0 bridgehead atoms. The summed E-state index contributed by atoms with van der Waals surface area (Å²) in [6, 6.07) is 5.43. The lowest BCUT2D eigenvalue weighted by Gasteiger charge is -2.20. The van der Waals surface area contributed by atoms with Crippen LogP contribution in [0.2, 0.25) is 0 Å². The third kappa shape index (κ3) is 3.77.